The molecule has 0 spiro atoms. The summed E-state index contributed by atoms with van der Waals surface area (Å²) < 4.78 is 0. The Hall–Kier alpha value is -0.510. The van der Waals surface area contributed by atoms with Gasteiger partial charge in [-0.3, -0.25) is 0 Å². The van der Waals surface area contributed by atoms with Gasteiger partial charge in [-0.15, -0.1) is 11.8 Å². The predicted molar refractivity (Wildman–Crippen MR) is 87.3 cm³/mol. The van der Waals surface area contributed by atoms with Crippen LogP contribution in [0.25, 0.3) is 0 Å². The number of thioether (sulfide) groups is 1. The zero-order chi connectivity index (χ0) is 14.4. The lowest BCUT2D eigenvalue weighted by Crippen LogP contribution is -2.43. The van der Waals surface area contributed by atoms with Crippen LogP contribution in [-0.2, 0) is 0 Å². The van der Waals surface area contributed by atoms with Crippen LogP contribution in [0.5, 0.6) is 0 Å². The van der Waals surface area contributed by atoms with E-state index >= 15 is 0 Å². The lowest BCUT2D eigenvalue weighted by atomic mass is 9.81. The van der Waals surface area contributed by atoms with Crippen LogP contribution in [0.3, 0.4) is 0 Å². The average molecular weight is 293 g/mol. The summed E-state index contributed by atoms with van der Waals surface area (Å²) in [5.41, 5.74) is -0.477. The Kier molecular flexibility index (Phi) is 5.94. The van der Waals surface area contributed by atoms with Crippen molar-refractivity contribution in [3.8, 4) is 0 Å². The van der Waals surface area contributed by atoms with Crippen molar-refractivity contribution >= 4 is 11.8 Å². The number of hydrogen-bond donors (Lipinski definition) is 1. The van der Waals surface area contributed by atoms with E-state index in [0.29, 0.717) is 5.25 Å². The molecule has 0 heterocycles. The van der Waals surface area contributed by atoms with Gasteiger partial charge in [0.05, 0.1) is 5.60 Å². The SMILES string of the molecule is CN(C)CCC[C@@]1(O)CCCC[C@@H]1Sc1ccccc1. The molecule has 2 rings (SSSR count). The van der Waals surface area contributed by atoms with E-state index in [-0.39, 0.29) is 0 Å². The molecule has 1 aromatic rings. The van der Waals surface area contributed by atoms with Crippen molar-refractivity contribution in [2.24, 2.45) is 0 Å². The standard InChI is InChI=1S/C17H27NOS/c1-18(2)14-8-13-17(19)12-7-6-11-16(17)20-15-9-4-3-5-10-15/h3-5,9-10,16,19H,6-8,11-14H2,1-2H3/t16-,17-/m0/s1. The highest BCUT2D eigenvalue weighted by molar-refractivity contribution is 8.00. The second-order valence-electron chi connectivity index (χ2n) is 6.18. The van der Waals surface area contributed by atoms with Crippen LogP contribution in [0.15, 0.2) is 35.2 Å². The molecule has 112 valence electrons. The molecule has 0 radical (unpaired) electrons. The monoisotopic (exact) mass is 293 g/mol. The van der Waals surface area contributed by atoms with Crippen molar-refractivity contribution in [2.45, 2.75) is 54.3 Å². The molecule has 3 heteroatoms. The van der Waals surface area contributed by atoms with Crippen LogP contribution < -0.4 is 0 Å². The van der Waals surface area contributed by atoms with Crippen molar-refractivity contribution < 1.29 is 5.11 Å². The fourth-order valence-electron chi connectivity index (χ4n) is 3.01. The Labute approximate surface area is 127 Å². The highest BCUT2D eigenvalue weighted by Gasteiger charge is 2.38. The first-order valence-electron chi connectivity index (χ1n) is 7.69. The number of nitrogens with zero attached hydrogens (tertiary/aromatic N) is 1. The van der Waals surface area contributed by atoms with Gasteiger partial charge in [-0.1, -0.05) is 31.0 Å². The molecule has 0 saturated heterocycles. The molecule has 0 aromatic heterocycles. The second-order valence-corrected chi connectivity index (χ2v) is 7.45. The molecular formula is C17H27NOS. The lowest BCUT2D eigenvalue weighted by Gasteiger charge is -2.40. The molecule has 1 aromatic carbocycles. The summed E-state index contributed by atoms with van der Waals surface area (Å²) >= 11 is 1.87. The van der Waals surface area contributed by atoms with Crippen LogP contribution in [0.1, 0.15) is 38.5 Å². The minimum Gasteiger partial charge on any atom is -0.389 e. The first-order chi connectivity index (χ1) is 9.60. The molecule has 0 unspecified atom stereocenters. The summed E-state index contributed by atoms with van der Waals surface area (Å²) in [5, 5.41) is 11.4. The van der Waals surface area contributed by atoms with Gasteiger partial charge in [0, 0.05) is 10.1 Å². The fraction of sp³-hybridized carbons (Fsp3) is 0.647. The molecule has 20 heavy (non-hydrogen) atoms. The van der Waals surface area contributed by atoms with Crippen LogP contribution in [-0.4, -0.2) is 41.5 Å². The van der Waals surface area contributed by atoms with Gasteiger partial charge in [-0.2, -0.15) is 0 Å². The number of benzene rings is 1. The second kappa shape index (κ2) is 7.48. The van der Waals surface area contributed by atoms with Crippen molar-refractivity contribution in [1.82, 2.24) is 4.90 Å². The minimum absolute atomic E-state index is 0.348. The third-order valence-corrected chi connectivity index (χ3v) is 5.67. The Morgan fingerprint density at radius 2 is 2.00 bits per heavy atom. The van der Waals surface area contributed by atoms with E-state index in [4.69, 9.17) is 0 Å². The van der Waals surface area contributed by atoms with Gasteiger partial charge in [-0.05, 0) is 58.5 Å². The third-order valence-electron chi connectivity index (χ3n) is 4.16. The molecule has 0 aliphatic heterocycles. The van der Waals surface area contributed by atoms with Gasteiger partial charge >= 0.3 is 0 Å². The van der Waals surface area contributed by atoms with E-state index in [1.165, 1.54) is 17.7 Å². The molecule has 0 bridgehead atoms. The number of hydrogen-bond acceptors (Lipinski definition) is 3. The quantitative estimate of drug-likeness (QED) is 0.863. The van der Waals surface area contributed by atoms with Gasteiger partial charge in [0.2, 0.25) is 0 Å². The molecule has 1 aliphatic rings. The smallest absolute Gasteiger partial charge is 0.0769 e. The molecule has 1 aliphatic carbocycles. The Balaban J connectivity index is 1.96. The number of aliphatic hydroxyl groups is 1. The van der Waals surface area contributed by atoms with Gasteiger partial charge in [0.15, 0.2) is 0 Å². The zero-order valence-corrected chi connectivity index (χ0v) is 13.5. The summed E-state index contributed by atoms with van der Waals surface area (Å²) in [5.74, 6) is 0. The van der Waals surface area contributed by atoms with E-state index < -0.39 is 5.60 Å². The van der Waals surface area contributed by atoms with E-state index in [0.717, 1.165) is 32.2 Å². The van der Waals surface area contributed by atoms with Gasteiger partial charge < -0.3 is 10.0 Å². The number of rotatable bonds is 6. The summed E-state index contributed by atoms with van der Waals surface area (Å²) in [7, 11) is 4.20. The molecule has 1 fully saturated rings. The summed E-state index contributed by atoms with van der Waals surface area (Å²) in [4.78, 5) is 3.48. The molecule has 1 N–H and O–H groups in total. The highest BCUT2D eigenvalue weighted by atomic mass is 32.2. The van der Waals surface area contributed by atoms with Crippen LogP contribution >= 0.6 is 11.8 Å². The maximum absolute atomic E-state index is 11.1. The maximum Gasteiger partial charge on any atom is 0.0769 e. The van der Waals surface area contributed by atoms with E-state index in [1.54, 1.807) is 0 Å². The van der Waals surface area contributed by atoms with Gasteiger partial charge in [-0.25, -0.2) is 0 Å². The van der Waals surface area contributed by atoms with Crippen molar-refractivity contribution in [3.63, 3.8) is 0 Å². The first kappa shape index (κ1) is 15.9. The van der Waals surface area contributed by atoms with Gasteiger partial charge in [0.25, 0.3) is 0 Å². The van der Waals surface area contributed by atoms with Crippen molar-refractivity contribution in [3.05, 3.63) is 30.3 Å². The zero-order valence-electron chi connectivity index (χ0n) is 12.7. The van der Waals surface area contributed by atoms with Crippen molar-refractivity contribution in [2.75, 3.05) is 20.6 Å². The van der Waals surface area contributed by atoms with E-state index in [1.807, 2.05) is 17.8 Å². The Morgan fingerprint density at radius 3 is 2.70 bits per heavy atom. The average Bonchev–Trinajstić information content (AvgIpc) is 2.42. The predicted octanol–water partition coefficient (Wildman–Crippen LogP) is 3.79. The fourth-order valence-corrected chi connectivity index (χ4v) is 4.39. The van der Waals surface area contributed by atoms with Crippen LogP contribution in [0.4, 0.5) is 0 Å². The Bertz CT molecular complexity index is 395. The van der Waals surface area contributed by atoms with Crippen LogP contribution in [0, 0.1) is 0 Å². The van der Waals surface area contributed by atoms with E-state index in [2.05, 4.69) is 43.3 Å². The summed E-state index contributed by atoms with van der Waals surface area (Å²) in [6.07, 6.45) is 6.53. The summed E-state index contributed by atoms with van der Waals surface area (Å²) in [6.45, 7) is 1.06. The van der Waals surface area contributed by atoms with E-state index in [9.17, 15) is 5.11 Å². The molecule has 2 atom stereocenters. The van der Waals surface area contributed by atoms with Crippen LogP contribution in [0.2, 0.25) is 0 Å². The minimum atomic E-state index is -0.477. The van der Waals surface area contributed by atoms with Crippen molar-refractivity contribution in [1.29, 1.82) is 0 Å². The highest BCUT2D eigenvalue weighted by Crippen LogP contribution is 2.42. The molecule has 0 amide bonds. The lowest BCUT2D eigenvalue weighted by molar-refractivity contribution is -0.000181. The maximum atomic E-state index is 11.1. The summed E-state index contributed by atoms with van der Waals surface area (Å²) in [6, 6.07) is 10.5. The molecule has 1 saturated carbocycles. The first-order valence-corrected chi connectivity index (χ1v) is 8.57. The van der Waals surface area contributed by atoms with Gasteiger partial charge in [0.1, 0.15) is 0 Å². The topological polar surface area (TPSA) is 23.5 Å². The normalized spacial score (nSPS) is 26.9. The Morgan fingerprint density at radius 1 is 1.25 bits per heavy atom. The molecule has 2 nitrogen and oxygen atoms in total. The largest absolute Gasteiger partial charge is 0.389 e. The third kappa shape index (κ3) is 4.51. The molecular weight excluding hydrogens is 266 g/mol.